The number of benzene rings is 2. The Hall–Kier alpha value is -3.73. The molecule has 0 saturated heterocycles. The first-order valence-corrected chi connectivity index (χ1v) is 9.02. The second-order valence-electron chi connectivity index (χ2n) is 6.64. The van der Waals surface area contributed by atoms with E-state index in [-0.39, 0.29) is 17.2 Å². The van der Waals surface area contributed by atoms with Crippen molar-refractivity contribution in [2.24, 2.45) is 0 Å². The predicted molar refractivity (Wildman–Crippen MR) is 108 cm³/mol. The van der Waals surface area contributed by atoms with E-state index in [1.807, 2.05) is 73.7 Å². The summed E-state index contributed by atoms with van der Waals surface area (Å²) >= 11 is 0. The molecular formula is C23H19N3O2. The fraction of sp³-hybridized carbons (Fsp3) is 0.0870. The Morgan fingerprint density at radius 3 is 2.14 bits per heavy atom. The number of nitrogens with zero attached hydrogens (tertiary/aromatic N) is 2. The quantitative estimate of drug-likeness (QED) is 0.599. The number of fused-ring (bicyclic) bond motifs is 1. The van der Waals surface area contributed by atoms with Crippen molar-refractivity contribution >= 4 is 11.6 Å². The summed E-state index contributed by atoms with van der Waals surface area (Å²) in [6.07, 6.45) is 3.03. The second kappa shape index (κ2) is 7.48. The molecule has 5 heteroatoms. The van der Waals surface area contributed by atoms with E-state index < -0.39 is 5.91 Å². The number of nitrogens with one attached hydrogen (secondary N) is 1. The van der Waals surface area contributed by atoms with Crippen molar-refractivity contribution in [3.63, 3.8) is 0 Å². The van der Waals surface area contributed by atoms with Crippen molar-refractivity contribution in [1.29, 1.82) is 0 Å². The number of hydrogen-bond acceptors (Lipinski definition) is 3. The molecule has 0 fully saturated rings. The van der Waals surface area contributed by atoms with Gasteiger partial charge < -0.3 is 5.32 Å². The van der Waals surface area contributed by atoms with Gasteiger partial charge in [-0.25, -0.2) is 4.98 Å². The monoisotopic (exact) mass is 369 g/mol. The summed E-state index contributed by atoms with van der Waals surface area (Å²) in [5.41, 5.74) is 2.93. The van der Waals surface area contributed by atoms with Crippen LogP contribution in [0.15, 0.2) is 90.0 Å². The van der Waals surface area contributed by atoms with Crippen LogP contribution in [0.5, 0.6) is 0 Å². The van der Waals surface area contributed by atoms with Gasteiger partial charge in [0.1, 0.15) is 11.2 Å². The fourth-order valence-electron chi connectivity index (χ4n) is 3.20. The van der Waals surface area contributed by atoms with E-state index in [9.17, 15) is 9.59 Å². The molecule has 28 heavy (non-hydrogen) atoms. The Kier molecular flexibility index (Phi) is 4.72. The molecule has 2 aromatic carbocycles. The van der Waals surface area contributed by atoms with Crippen LogP contribution >= 0.6 is 0 Å². The number of rotatable bonds is 4. The molecule has 2 aromatic heterocycles. The van der Waals surface area contributed by atoms with Gasteiger partial charge in [0.25, 0.3) is 11.5 Å². The van der Waals surface area contributed by atoms with Gasteiger partial charge in [-0.2, -0.15) is 0 Å². The van der Waals surface area contributed by atoms with Gasteiger partial charge in [-0.15, -0.1) is 0 Å². The first-order valence-electron chi connectivity index (χ1n) is 9.02. The van der Waals surface area contributed by atoms with Gasteiger partial charge in [0.2, 0.25) is 0 Å². The maximum atomic E-state index is 13.0. The maximum Gasteiger partial charge on any atom is 0.270 e. The first kappa shape index (κ1) is 17.7. The summed E-state index contributed by atoms with van der Waals surface area (Å²) in [4.78, 5) is 30.1. The van der Waals surface area contributed by atoms with E-state index in [0.717, 1.165) is 16.7 Å². The summed E-state index contributed by atoms with van der Waals surface area (Å²) in [5, 5.41) is 2.99. The van der Waals surface area contributed by atoms with E-state index in [2.05, 4.69) is 10.3 Å². The summed E-state index contributed by atoms with van der Waals surface area (Å²) in [5.74, 6) is -0.453. The molecule has 0 bridgehead atoms. The third-order valence-electron chi connectivity index (χ3n) is 4.64. The van der Waals surface area contributed by atoms with E-state index in [1.54, 1.807) is 12.3 Å². The van der Waals surface area contributed by atoms with E-state index in [1.165, 1.54) is 10.6 Å². The molecule has 4 aromatic rings. The summed E-state index contributed by atoms with van der Waals surface area (Å²) in [6.45, 7) is 1.89. The highest BCUT2D eigenvalue weighted by Gasteiger charge is 2.20. The molecule has 5 nitrogen and oxygen atoms in total. The van der Waals surface area contributed by atoms with Crippen LogP contribution in [0.1, 0.15) is 33.1 Å². The van der Waals surface area contributed by atoms with Crippen LogP contribution in [0.3, 0.4) is 0 Å². The highest BCUT2D eigenvalue weighted by molar-refractivity contribution is 5.94. The highest BCUT2D eigenvalue weighted by atomic mass is 16.2. The lowest BCUT2D eigenvalue weighted by molar-refractivity contribution is 0.0941. The number of carbonyl (C=O) groups excluding carboxylic acids is 1. The van der Waals surface area contributed by atoms with Crippen LogP contribution < -0.4 is 10.9 Å². The minimum absolute atomic E-state index is 0.0139. The van der Waals surface area contributed by atoms with E-state index in [0.29, 0.717) is 5.65 Å². The number of amides is 1. The van der Waals surface area contributed by atoms with Crippen molar-refractivity contribution in [2.45, 2.75) is 13.0 Å². The molecular weight excluding hydrogens is 350 g/mol. The van der Waals surface area contributed by atoms with Crippen LogP contribution in [0, 0.1) is 6.92 Å². The molecule has 4 rings (SSSR count). The van der Waals surface area contributed by atoms with Gasteiger partial charge in [0, 0.05) is 12.4 Å². The molecule has 0 spiro atoms. The zero-order chi connectivity index (χ0) is 19.5. The third-order valence-corrected chi connectivity index (χ3v) is 4.64. The van der Waals surface area contributed by atoms with Crippen LogP contribution in [-0.2, 0) is 0 Å². The Bertz CT molecular complexity index is 1150. The fourth-order valence-corrected chi connectivity index (χ4v) is 3.20. The largest absolute Gasteiger partial charge is 0.341 e. The average molecular weight is 369 g/mol. The van der Waals surface area contributed by atoms with E-state index in [4.69, 9.17) is 0 Å². The Morgan fingerprint density at radius 2 is 1.54 bits per heavy atom. The van der Waals surface area contributed by atoms with Crippen molar-refractivity contribution in [2.75, 3.05) is 0 Å². The summed E-state index contributed by atoms with van der Waals surface area (Å²) < 4.78 is 1.41. The highest BCUT2D eigenvalue weighted by Crippen LogP contribution is 2.22. The van der Waals surface area contributed by atoms with E-state index >= 15 is 0 Å². The third kappa shape index (κ3) is 3.42. The van der Waals surface area contributed by atoms with Gasteiger partial charge in [-0.3, -0.25) is 14.0 Å². The standard InChI is InChI=1S/C23H19N3O2/c1-16-12-13-20-24-14-19(23(28)26(20)15-16)22(27)25-21(17-8-4-2-5-9-17)18-10-6-3-7-11-18/h2-15,21H,1H3,(H,25,27). The van der Waals surface area contributed by atoms with Crippen molar-refractivity contribution in [3.05, 3.63) is 118 Å². The van der Waals surface area contributed by atoms with Crippen molar-refractivity contribution < 1.29 is 4.79 Å². The molecule has 0 aliphatic heterocycles. The number of aromatic nitrogens is 2. The molecule has 1 amide bonds. The summed E-state index contributed by atoms with van der Waals surface area (Å²) in [6, 6.07) is 22.6. The molecule has 0 radical (unpaired) electrons. The number of pyridine rings is 1. The number of carbonyl (C=O) groups is 1. The first-order chi connectivity index (χ1) is 13.6. The number of hydrogen-bond donors (Lipinski definition) is 1. The van der Waals surface area contributed by atoms with Crippen LogP contribution in [-0.4, -0.2) is 15.3 Å². The van der Waals surface area contributed by atoms with Gasteiger partial charge in [0.05, 0.1) is 6.04 Å². The minimum Gasteiger partial charge on any atom is -0.341 e. The Balaban J connectivity index is 1.74. The molecule has 0 saturated carbocycles. The molecule has 2 heterocycles. The van der Waals surface area contributed by atoms with Crippen molar-refractivity contribution in [3.8, 4) is 0 Å². The molecule has 138 valence electrons. The summed E-state index contributed by atoms with van der Waals surface area (Å²) in [7, 11) is 0. The lowest BCUT2D eigenvalue weighted by Gasteiger charge is -2.20. The average Bonchev–Trinajstić information content (AvgIpc) is 2.74. The molecule has 0 unspecified atom stereocenters. The predicted octanol–water partition coefficient (Wildman–Crippen LogP) is 3.52. The van der Waals surface area contributed by atoms with Crippen LogP contribution in [0.2, 0.25) is 0 Å². The Morgan fingerprint density at radius 1 is 0.929 bits per heavy atom. The zero-order valence-electron chi connectivity index (χ0n) is 15.4. The topological polar surface area (TPSA) is 63.5 Å². The molecule has 0 aliphatic rings. The minimum atomic E-state index is -0.453. The number of aryl methyl sites for hydroxylation is 1. The Labute approximate surface area is 162 Å². The maximum absolute atomic E-state index is 13.0. The van der Waals surface area contributed by atoms with Gasteiger partial charge in [-0.05, 0) is 29.7 Å². The zero-order valence-corrected chi connectivity index (χ0v) is 15.4. The lowest BCUT2D eigenvalue weighted by atomic mass is 9.98. The molecule has 1 N–H and O–H groups in total. The van der Waals surface area contributed by atoms with Gasteiger partial charge in [-0.1, -0.05) is 66.7 Å². The smallest absolute Gasteiger partial charge is 0.270 e. The molecule has 0 atom stereocenters. The van der Waals surface area contributed by atoms with Gasteiger partial charge >= 0.3 is 0 Å². The van der Waals surface area contributed by atoms with Gasteiger partial charge in [0.15, 0.2) is 0 Å². The second-order valence-corrected chi connectivity index (χ2v) is 6.64. The van der Waals surface area contributed by atoms with Crippen LogP contribution in [0.25, 0.3) is 5.65 Å². The van der Waals surface area contributed by atoms with Crippen LogP contribution in [0.4, 0.5) is 0 Å². The molecule has 0 aliphatic carbocycles. The lowest BCUT2D eigenvalue weighted by Crippen LogP contribution is -2.34. The SMILES string of the molecule is Cc1ccc2ncc(C(=O)NC(c3ccccc3)c3ccccc3)c(=O)n2c1. The normalized spacial score (nSPS) is 10.9. The van der Waals surface area contributed by atoms with Crippen molar-refractivity contribution in [1.82, 2.24) is 14.7 Å².